The molecule has 144 valence electrons. The Morgan fingerprint density at radius 1 is 1.22 bits per heavy atom. The Morgan fingerprint density at radius 3 is 2.37 bits per heavy atom. The highest BCUT2D eigenvalue weighted by Crippen LogP contribution is 2.19. The molecule has 27 heavy (non-hydrogen) atoms. The lowest BCUT2D eigenvalue weighted by Crippen LogP contribution is -2.46. The summed E-state index contributed by atoms with van der Waals surface area (Å²) in [6.07, 6.45) is 1.22. The summed E-state index contributed by atoms with van der Waals surface area (Å²) in [6.45, 7) is 5.64. The van der Waals surface area contributed by atoms with E-state index in [4.69, 9.17) is 4.74 Å². The third-order valence-corrected chi connectivity index (χ3v) is 4.03. The first-order valence-electron chi connectivity index (χ1n) is 8.42. The monoisotopic (exact) mass is 373 g/mol. The van der Waals surface area contributed by atoms with Gasteiger partial charge >= 0.3 is 5.97 Å². The average molecular weight is 373 g/mol. The zero-order chi connectivity index (χ0) is 20.2. The molecule has 0 saturated heterocycles. The van der Waals surface area contributed by atoms with E-state index in [0.29, 0.717) is 6.54 Å². The number of esters is 1. The predicted molar refractivity (Wildman–Crippen MR) is 99.1 cm³/mol. The van der Waals surface area contributed by atoms with Gasteiger partial charge in [-0.05, 0) is 26.3 Å². The van der Waals surface area contributed by atoms with Crippen molar-refractivity contribution in [2.24, 2.45) is 7.05 Å². The van der Waals surface area contributed by atoms with Crippen LogP contribution in [0.25, 0.3) is 0 Å². The highest BCUT2D eigenvalue weighted by molar-refractivity contribution is 5.90. The summed E-state index contributed by atoms with van der Waals surface area (Å²) < 4.78 is 6.41. The molecule has 0 aliphatic heterocycles. The summed E-state index contributed by atoms with van der Waals surface area (Å²) in [5.41, 5.74) is 0.296. The van der Waals surface area contributed by atoms with Gasteiger partial charge in [0.1, 0.15) is 5.69 Å². The molecule has 0 unspecified atom stereocenters. The molecule has 2 aromatic rings. The van der Waals surface area contributed by atoms with Crippen molar-refractivity contribution >= 4 is 17.6 Å². The second-order valence-electron chi connectivity index (χ2n) is 7.16. The zero-order valence-electron chi connectivity index (χ0n) is 15.8. The highest BCUT2D eigenvalue weighted by atomic mass is 16.6. The Morgan fingerprint density at radius 2 is 1.85 bits per heavy atom. The number of rotatable bonds is 6. The van der Waals surface area contributed by atoms with Gasteiger partial charge in [-0.3, -0.25) is 14.9 Å². The second kappa shape index (κ2) is 8.03. The number of nitro groups is 1. The molecular formula is C19H23N3O5. The van der Waals surface area contributed by atoms with E-state index in [0.717, 1.165) is 11.6 Å². The first kappa shape index (κ1) is 20.2. The minimum atomic E-state index is -0.785. The van der Waals surface area contributed by atoms with Crippen LogP contribution in [0.15, 0.2) is 42.6 Å². The molecule has 0 aliphatic rings. The number of amides is 1. The lowest BCUT2D eigenvalue weighted by atomic mass is 10.0. The van der Waals surface area contributed by atoms with E-state index in [1.165, 1.54) is 17.8 Å². The lowest BCUT2D eigenvalue weighted by Gasteiger charge is -2.35. The molecule has 8 nitrogen and oxygen atoms in total. The van der Waals surface area contributed by atoms with E-state index in [9.17, 15) is 19.7 Å². The van der Waals surface area contributed by atoms with E-state index in [1.807, 2.05) is 51.1 Å². The zero-order valence-corrected chi connectivity index (χ0v) is 15.8. The molecule has 8 heteroatoms. The molecule has 0 aliphatic carbocycles. The van der Waals surface area contributed by atoms with Crippen LogP contribution in [-0.2, 0) is 23.1 Å². The van der Waals surface area contributed by atoms with Gasteiger partial charge in [-0.15, -0.1) is 0 Å². The predicted octanol–water partition coefficient (Wildman–Crippen LogP) is 2.92. The summed E-state index contributed by atoms with van der Waals surface area (Å²) in [7, 11) is 1.50. The van der Waals surface area contributed by atoms with Gasteiger partial charge in [-0.25, -0.2) is 4.79 Å². The molecular weight excluding hydrogens is 350 g/mol. The quantitative estimate of drug-likeness (QED) is 0.441. The number of benzene rings is 1. The van der Waals surface area contributed by atoms with Crippen LogP contribution in [0.2, 0.25) is 0 Å². The largest absolute Gasteiger partial charge is 0.451 e. The SMILES string of the molecule is Cn1cc([N+](=O)[O-])cc1C(=O)OCC(=O)N(Cc1ccccc1)C(C)(C)C. The maximum absolute atomic E-state index is 12.7. The Bertz CT molecular complexity index is 837. The Kier molecular flexibility index (Phi) is 5.99. The third kappa shape index (κ3) is 5.16. The molecule has 1 amide bonds. The van der Waals surface area contributed by atoms with Crippen molar-refractivity contribution in [1.82, 2.24) is 9.47 Å². The number of ether oxygens (including phenoxy) is 1. The summed E-state index contributed by atoms with van der Waals surface area (Å²) >= 11 is 0. The molecule has 0 N–H and O–H groups in total. The van der Waals surface area contributed by atoms with Crippen molar-refractivity contribution in [3.05, 3.63) is 64.0 Å². The molecule has 0 saturated carbocycles. The normalized spacial score (nSPS) is 11.1. The van der Waals surface area contributed by atoms with Crippen molar-refractivity contribution in [2.75, 3.05) is 6.61 Å². The molecule has 1 aromatic heterocycles. The summed E-state index contributed by atoms with van der Waals surface area (Å²) in [5, 5.41) is 10.8. The Balaban J connectivity index is 2.07. The highest BCUT2D eigenvalue weighted by Gasteiger charge is 2.28. The number of nitrogens with zero attached hydrogens (tertiary/aromatic N) is 3. The van der Waals surface area contributed by atoms with Crippen LogP contribution in [0.3, 0.4) is 0 Å². The first-order chi connectivity index (χ1) is 12.6. The number of hydrogen-bond donors (Lipinski definition) is 0. The maximum Gasteiger partial charge on any atom is 0.355 e. The average Bonchev–Trinajstić information content (AvgIpc) is 2.99. The van der Waals surface area contributed by atoms with Gasteiger partial charge in [-0.1, -0.05) is 30.3 Å². The van der Waals surface area contributed by atoms with Crippen LogP contribution in [0.4, 0.5) is 5.69 Å². The number of carbonyl (C=O) groups excluding carboxylic acids is 2. The number of hydrogen-bond acceptors (Lipinski definition) is 5. The minimum absolute atomic E-state index is 0.0138. The Hall–Kier alpha value is -3.16. The summed E-state index contributed by atoms with van der Waals surface area (Å²) in [6, 6.07) is 10.6. The fourth-order valence-electron chi connectivity index (χ4n) is 2.59. The van der Waals surface area contributed by atoms with Crippen LogP contribution in [0, 0.1) is 10.1 Å². The smallest absolute Gasteiger partial charge is 0.355 e. The van der Waals surface area contributed by atoms with Crippen molar-refractivity contribution in [3.8, 4) is 0 Å². The maximum atomic E-state index is 12.7. The molecule has 0 bridgehead atoms. The summed E-state index contributed by atoms with van der Waals surface area (Å²) in [5.74, 6) is -1.13. The molecule has 0 atom stereocenters. The minimum Gasteiger partial charge on any atom is -0.451 e. The molecule has 2 rings (SSSR count). The van der Waals surface area contributed by atoms with Gasteiger partial charge in [0.25, 0.3) is 11.6 Å². The first-order valence-corrected chi connectivity index (χ1v) is 8.42. The van der Waals surface area contributed by atoms with E-state index in [2.05, 4.69) is 0 Å². The van der Waals surface area contributed by atoms with E-state index in [-0.39, 0.29) is 17.3 Å². The van der Waals surface area contributed by atoms with Crippen LogP contribution in [-0.4, -0.2) is 38.4 Å². The van der Waals surface area contributed by atoms with Crippen LogP contribution in [0.5, 0.6) is 0 Å². The van der Waals surface area contributed by atoms with E-state index < -0.39 is 23.0 Å². The number of carbonyl (C=O) groups is 2. The lowest BCUT2D eigenvalue weighted by molar-refractivity contribution is -0.384. The molecule has 0 radical (unpaired) electrons. The number of aromatic nitrogens is 1. The fourth-order valence-corrected chi connectivity index (χ4v) is 2.59. The molecule has 0 spiro atoms. The van der Waals surface area contributed by atoms with Gasteiger partial charge in [0, 0.05) is 25.2 Å². The topological polar surface area (TPSA) is 94.7 Å². The van der Waals surface area contributed by atoms with E-state index in [1.54, 1.807) is 4.90 Å². The standard InChI is InChI=1S/C19H23N3O5/c1-19(2,3)21(11-14-8-6-5-7-9-14)17(23)13-27-18(24)16-10-15(22(25)26)12-20(16)4/h5-10,12H,11,13H2,1-4H3. The molecule has 0 fully saturated rings. The van der Waals surface area contributed by atoms with Crippen molar-refractivity contribution in [1.29, 1.82) is 0 Å². The van der Waals surface area contributed by atoms with Gasteiger partial charge < -0.3 is 14.2 Å². The fraction of sp³-hybridized carbons (Fsp3) is 0.368. The van der Waals surface area contributed by atoms with Crippen molar-refractivity contribution < 1.29 is 19.2 Å². The molecule has 1 heterocycles. The second-order valence-corrected chi connectivity index (χ2v) is 7.16. The molecule has 1 aromatic carbocycles. The van der Waals surface area contributed by atoms with Gasteiger partial charge in [0.2, 0.25) is 0 Å². The Labute approximate surface area is 157 Å². The third-order valence-electron chi connectivity index (χ3n) is 4.03. The van der Waals surface area contributed by atoms with E-state index >= 15 is 0 Å². The van der Waals surface area contributed by atoms with Gasteiger partial charge in [0.15, 0.2) is 6.61 Å². The number of aryl methyl sites for hydroxylation is 1. The van der Waals surface area contributed by atoms with Crippen molar-refractivity contribution in [3.63, 3.8) is 0 Å². The summed E-state index contributed by atoms with van der Waals surface area (Å²) in [4.78, 5) is 36.7. The van der Waals surface area contributed by atoms with Gasteiger partial charge in [0.05, 0.1) is 11.1 Å². The van der Waals surface area contributed by atoms with Gasteiger partial charge in [-0.2, -0.15) is 0 Å². The van der Waals surface area contributed by atoms with Crippen LogP contribution >= 0.6 is 0 Å². The van der Waals surface area contributed by atoms with Crippen LogP contribution < -0.4 is 0 Å². The van der Waals surface area contributed by atoms with Crippen molar-refractivity contribution in [2.45, 2.75) is 32.9 Å². The van der Waals surface area contributed by atoms with Crippen LogP contribution in [0.1, 0.15) is 36.8 Å².